The zero-order chi connectivity index (χ0) is 40.9. The molecule has 10 aromatic rings. The van der Waals surface area contributed by atoms with Crippen LogP contribution in [0.25, 0.3) is 66.4 Å². The Morgan fingerprint density at radius 1 is 0.393 bits per heavy atom. The number of anilines is 3. The zero-order valence-electron chi connectivity index (χ0n) is 34.5. The molecule has 1 aromatic heterocycles. The minimum absolute atomic E-state index is 0.113. The van der Waals surface area contributed by atoms with Gasteiger partial charge in [-0.2, -0.15) is 0 Å². The fraction of sp³-hybridized carbons (Fsp3) is 0.0847. The largest absolute Gasteiger partial charge is 0.456 e. The maximum atomic E-state index is 6.44. The van der Waals surface area contributed by atoms with E-state index in [0.29, 0.717) is 0 Å². The molecule has 0 saturated carbocycles. The van der Waals surface area contributed by atoms with Crippen LogP contribution in [-0.2, 0) is 10.8 Å². The minimum atomic E-state index is -0.336. The van der Waals surface area contributed by atoms with Crippen molar-refractivity contribution in [1.29, 1.82) is 0 Å². The van der Waals surface area contributed by atoms with Crippen molar-refractivity contribution in [3.8, 4) is 44.5 Å². The molecule has 2 nitrogen and oxygen atoms in total. The molecule has 0 amide bonds. The van der Waals surface area contributed by atoms with Gasteiger partial charge in [0.05, 0.1) is 5.69 Å². The van der Waals surface area contributed by atoms with Crippen molar-refractivity contribution < 1.29 is 4.42 Å². The number of benzene rings is 9. The lowest BCUT2D eigenvalue weighted by Crippen LogP contribution is -2.22. The van der Waals surface area contributed by atoms with E-state index in [1.165, 1.54) is 61.2 Å². The van der Waals surface area contributed by atoms with Gasteiger partial charge in [-0.05, 0) is 116 Å². The maximum Gasteiger partial charge on any atom is 0.136 e. The van der Waals surface area contributed by atoms with E-state index in [9.17, 15) is 0 Å². The van der Waals surface area contributed by atoms with Crippen molar-refractivity contribution in [2.45, 2.75) is 31.6 Å². The summed E-state index contributed by atoms with van der Waals surface area (Å²) in [7, 11) is 0. The van der Waals surface area contributed by atoms with Gasteiger partial charge in [0.15, 0.2) is 0 Å². The van der Waals surface area contributed by atoms with Crippen molar-refractivity contribution in [3.63, 3.8) is 0 Å². The first-order chi connectivity index (χ1) is 29.9. The summed E-state index contributed by atoms with van der Waals surface area (Å²) in [6, 6.07) is 75.7. The van der Waals surface area contributed by atoms with Gasteiger partial charge in [-0.25, -0.2) is 0 Å². The van der Waals surface area contributed by atoms with Gasteiger partial charge in [0.2, 0.25) is 0 Å². The molecule has 12 rings (SSSR count). The smallest absolute Gasteiger partial charge is 0.136 e. The molecule has 0 fully saturated rings. The lowest BCUT2D eigenvalue weighted by Gasteiger charge is -2.32. The van der Waals surface area contributed by atoms with Gasteiger partial charge in [-0.1, -0.05) is 178 Å². The standard InChI is InChI=1S/C59H43NO/c1-58(2)50-26-11-7-20-44(50)48-25-15-23-42(57(48)58)38-31-33-40(34-32-38)60(53-28-13-9-21-46(53)47-24-16-30-55-56(47)49-22-10-14-29-54(49)61-55)41-35-36-45-43-19-8-12-27-51(43)59(3,52(45)37-41)39-17-5-4-6-18-39/h4-37H,1-3H3. The third-order valence-electron chi connectivity index (χ3n) is 13.8. The molecule has 0 radical (unpaired) electrons. The second kappa shape index (κ2) is 13.3. The summed E-state index contributed by atoms with van der Waals surface area (Å²) < 4.78 is 6.44. The third kappa shape index (κ3) is 5.15. The van der Waals surface area contributed by atoms with Gasteiger partial charge in [-0.3, -0.25) is 0 Å². The minimum Gasteiger partial charge on any atom is -0.456 e. The topological polar surface area (TPSA) is 16.4 Å². The highest BCUT2D eigenvalue weighted by molar-refractivity contribution is 6.14. The number of para-hydroxylation sites is 2. The third-order valence-corrected chi connectivity index (χ3v) is 13.8. The summed E-state index contributed by atoms with van der Waals surface area (Å²) >= 11 is 0. The quantitative estimate of drug-likeness (QED) is 0.167. The van der Waals surface area contributed by atoms with Crippen LogP contribution in [0.5, 0.6) is 0 Å². The van der Waals surface area contributed by atoms with Crippen LogP contribution >= 0.6 is 0 Å². The van der Waals surface area contributed by atoms with Gasteiger partial charge in [0, 0.05) is 38.5 Å². The Kier molecular flexibility index (Phi) is 7.74. The summed E-state index contributed by atoms with van der Waals surface area (Å²) in [5.41, 5.74) is 21.4. The van der Waals surface area contributed by atoms with Crippen LogP contribution in [0.3, 0.4) is 0 Å². The number of hydrogen-bond acceptors (Lipinski definition) is 2. The Bertz CT molecular complexity index is 3350. The van der Waals surface area contributed by atoms with Gasteiger partial charge >= 0.3 is 0 Å². The van der Waals surface area contributed by atoms with Crippen LogP contribution in [0.1, 0.15) is 48.6 Å². The van der Waals surface area contributed by atoms with Crippen molar-refractivity contribution in [1.82, 2.24) is 0 Å². The molecule has 9 aromatic carbocycles. The van der Waals surface area contributed by atoms with E-state index in [0.717, 1.165) is 50.1 Å². The van der Waals surface area contributed by atoms with Crippen LogP contribution in [0, 0.1) is 0 Å². The normalized spacial score (nSPS) is 15.7. The SMILES string of the molecule is CC1(C)c2ccccc2-c2cccc(-c3ccc(N(c4ccc5c(c4)C(C)(c4ccccc4)c4ccccc4-5)c4ccccc4-c4cccc5oc6ccccc6c45)cc3)c21. The van der Waals surface area contributed by atoms with E-state index in [4.69, 9.17) is 4.42 Å². The van der Waals surface area contributed by atoms with Gasteiger partial charge < -0.3 is 9.32 Å². The number of hydrogen-bond donors (Lipinski definition) is 0. The molecule has 0 aliphatic heterocycles. The van der Waals surface area contributed by atoms with Crippen molar-refractivity contribution in [2.24, 2.45) is 0 Å². The first-order valence-electron chi connectivity index (χ1n) is 21.3. The molecule has 2 heteroatoms. The molecule has 0 N–H and O–H groups in total. The highest BCUT2D eigenvalue weighted by atomic mass is 16.3. The Labute approximate surface area is 357 Å². The Balaban J connectivity index is 1.07. The first kappa shape index (κ1) is 35.5. The Morgan fingerprint density at radius 3 is 1.79 bits per heavy atom. The molecule has 0 spiro atoms. The highest BCUT2D eigenvalue weighted by Gasteiger charge is 2.41. The summed E-state index contributed by atoms with van der Waals surface area (Å²) in [4.78, 5) is 2.46. The van der Waals surface area contributed by atoms with Crippen LogP contribution in [0.2, 0.25) is 0 Å². The molecule has 290 valence electrons. The maximum absolute atomic E-state index is 6.44. The van der Waals surface area contributed by atoms with Crippen molar-refractivity contribution in [3.05, 3.63) is 234 Å². The molecule has 0 bridgehead atoms. The molecule has 2 aliphatic rings. The summed E-state index contributed by atoms with van der Waals surface area (Å²) in [5, 5.41) is 2.25. The second-order valence-electron chi connectivity index (χ2n) is 17.3. The monoisotopic (exact) mass is 781 g/mol. The van der Waals surface area contributed by atoms with Gasteiger partial charge in [0.25, 0.3) is 0 Å². The molecular formula is C59H43NO. The van der Waals surface area contributed by atoms with E-state index < -0.39 is 0 Å². The summed E-state index contributed by atoms with van der Waals surface area (Å²) in [6.07, 6.45) is 0. The predicted octanol–water partition coefficient (Wildman–Crippen LogP) is 16.0. The van der Waals surface area contributed by atoms with Gasteiger partial charge in [-0.15, -0.1) is 0 Å². The van der Waals surface area contributed by atoms with Gasteiger partial charge in [0.1, 0.15) is 11.2 Å². The van der Waals surface area contributed by atoms with E-state index >= 15 is 0 Å². The molecule has 2 aliphatic carbocycles. The lowest BCUT2D eigenvalue weighted by atomic mass is 9.74. The molecule has 61 heavy (non-hydrogen) atoms. The van der Waals surface area contributed by atoms with Crippen LogP contribution in [-0.4, -0.2) is 0 Å². The highest BCUT2D eigenvalue weighted by Crippen LogP contribution is 2.55. The Hall–Kier alpha value is -7.42. The molecule has 1 unspecified atom stereocenters. The predicted molar refractivity (Wildman–Crippen MR) is 254 cm³/mol. The van der Waals surface area contributed by atoms with E-state index in [1.807, 2.05) is 6.07 Å². The van der Waals surface area contributed by atoms with E-state index in [-0.39, 0.29) is 10.8 Å². The van der Waals surface area contributed by atoms with E-state index in [1.54, 1.807) is 0 Å². The lowest BCUT2D eigenvalue weighted by molar-refractivity contribution is 0.662. The van der Waals surface area contributed by atoms with Crippen LogP contribution < -0.4 is 4.90 Å². The molecule has 1 heterocycles. The van der Waals surface area contributed by atoms with Crippen LogP contribution in [0.15, 0.2) is 211 Å². The first-order valence-corrected chi connectivity index (χ1v) is 21.3. The number of nitrogens with zero attached hydrogens (tertiary/aromatic N) is 1. The average molecular weight is 782 g/mol. The molecule has 0 saturated heterocycles. The van der Waals surface area contributed by atoms with Crippen molar-refractivity contribution in [2.75, 3.05) is 4.90 Å². The summed E-state index contributed by atoms with van der Waals surface area (Å²) in [5.74, 6) is 0. The van der Waals surface area contributed by atoms with E-state index in [2.05, 4.69) is 226 Å². The molecule has 1 atom stereocenters. The average Bonchev–Trinajstić information content (AvgIpc) is 3.91. The number of furan rings is 1. The zero-order valence-corrected chi connectivity index (χ0v) is 34.5. The number of rotatable bonds is 6. The number of fused-ring (bicyclic) bond motifs is 9. The second-order valence-corrected chi connectivity index (χ2v) is 17.3. The fourth-order valence-corrected chi connectivity index (χ4v) is 10.9. The summed E-state index contributed by atoms with van der Waals surface area (Å²) in [6.45, 7) is 7.13. The van der Waals surface area contributed by atoms with Crippen LogP contribution in [0.4, 0.5) is 17.1 Å². The van der Waals surface area contributed by atoms with Crippen molar-refractivity contribution >= 4 is 39.0 Å². The Morgan fingerprint density at radius 2 is 0.967 bits per heavy atom. The fourth-order valence-electron chi connectivity index (χ4n) is 10.9. The molecular weight excluding hydrogens is 739 g/mol.